The number of carbonyl (C=O) groups excluding carboxylic acids is 2. The largest absolute Gasteiger partial charge is 0.459 e. The molecule has 24 heavy (non-hydrogen) atoms. The van der Waals surface area contributed by atoms with E-state index < -0.39 is 0 Å². The molecule has 1 fully saturated rings. The highest BCUT2D eigenvalue weighted by molar-refractivity contribution is 8.13. The molecule has 126 valence electrons. The molecule has 0 bridgehead atoms. The highest BCUT2D eigenvalue weighted by Gasteiger charge is 2.22. The minimum atomic E-state index is -0.344. The summed E-state index contributed by atoms with van der Waals surface area (Å²) in [7, 11) is 0. The zero-order valence-electron chi connectivity index (χ0n) is 13.4. The fraction of sp³-hybridized carbons (Fsp3) is 0.353. The van der Waals surface area contributed by atoms with E-state index in [0.717, 1.165) is 11.3 Å². The number of esters is 1. The zero-order chi connectivity index (χ0) is 16.9. The Bertz CT molecular complexity index is 729. The number of aromatic nitrogens is 1. The summed E-state index contributed by atoms with van der Waals surface area (Å²) in [4.78, 5) is 29.4. The van der Waals surface area contributed by atoms with Gasteiger partial charge in [-0.3, -0.25) is 9.59 Å². The Morgan fingerprint density at radius 3 is 2.88 bits per heavy atom. The van der Waals surface area contributed by atoms with Gasteiger partial charge in [-0.2, -0.15) is 0 Å². The molecule has 1 aliphatic heterocycles. The quantitative estimate of drug-likeness (QED) is 0.748. The number of hydrogen-bond donors (Lipinski definition) is 0. The van der Waals surface area contributed by atoms with Crippen LogP contribution in [0, 0.1) is 6.92 Å². The van der Waals surface area contributed by atoms with Gasteiger partial charge in [0, 0.05) is 24.4 Å². The lowest BCUT2D eigenvalue weighted by Gasteiger charge is -2.13. The maximum Gasteiger partial charge on any atom is 0.307 e. The summed E-state index contributed by atoms with van der Waals surface area (Å²) in [5.41, 5.74) is 1.48. The van der Waals surface area contributed by atoms with E-state index in [1.165, 1.54) is 11.8 Å². The van der Waals surface area contributed by atoms with Crippen LogP contribution < -0.4 is 0 Å². The van der Waals surface area contributed by atoms with Crippen LogP contribution in [0.25, 0.3) is 11.5 Å². The van der Waals surface area contributed by atoms with Gasteiger partial charge in [0.1, 0.15) is 18.1 Å². The Morgan fingerprint density at radius 1 is 1.38 bits per heavy atom. The number of hydrogen-bond acceptors (Lipinski definition) is 6. The smallest absolute Gasteiger partial charge is 0.307 e. The summed E-state index contributed by atoms with van der Waals surface area (Å²) in [6, 6.07) is 9.56. The Morgan fingerprint density at radius 2 is 2.17 bits per heavy atom. The first kappa shape index (κ1) is 16.6. The highest BCUT2D eigenvalue weighted by Crippen LogP contribution is 2.22. The predicted molar refractivity (Wildman–Crippen MR) is 90.5 cm³/mol. The van der Waals surface area contributed by atoms with Crippen LogP contribution in [-0.4, -0.2) is 39.9 Å². The van der Waals surface area contributed by atoms with Crippen LogP contribution >= 0.6 is 11.8 Å². The van der Waals surface area contributed by atoms with E-state index in [1.807, 2.05) is 30.3 Å². The molecular weight excluding hydrogens is 328 g/mol. The molecule has 1 aromatic carbocycles. The summed E-state index contributed by atoms with van der Waals surface area (Å²) < 4.78 is 10.9. The second-order valence-electron chi connectivity index (χ2n) is 5.40. The molecule has 7 heteroatoms. The lowest BCUT2D eigenvalue weighted by atomic mass is 10.2. The van der Waals surface area contributed by atoms with Gasteiger partial charge in [0.05, 0.1) is 6.42 Å². The van der Waals surface area contributed by atoms with Crippen molar-refractivity contribution >= 4 is 23.0 Å². The SMILES string of the molecule is Cc1oc(-c2ccccc2)nc1COC(=O)CCN1CCSC1=O. The van der Waals surface area contributed by atoms with Crippen LogP contribution in [0.15, 0.2) is 34.7 Å². The number of amides is 1. The number of benzene rings is 1. The van der Waals surface area contributed by atoms with E-state index in [1.54, 1.807) is 11.8 Å². The first-order valence-corrected chi connectivity index (χ1v) is 8.71. The molecule has 0 aliphatic carbocycles. The standard InChI is InChI=1S/C17H18N2O4S/c1-12-14(18-16(23-12)13-5-3-2-4-6-13)11-22-15(20)7-8-19-9-10-24-17(19)21/h2-6H,7-11H2,1H3. The molecule has 1 saturated heterocycles. The van der Waals surface area contributed by atoms with Crippen molar-refractivity contribution in [3.8, 4) is 11.5 Å². The average Bonchev–Trinajstić information content (AvgIpc) is 3.17. The number of carbonyl (C=O) groups is 2. The number of aryl methyl sites for hydroxylation is 1. The van der Waals surface area contributed by atoms with Crippen LogP contribution in [0.2, 0.25) is 0 Å². The van der Waals surface area contributed by atoms with Gasteiger partial charge < -0.3 is 14.1 Å². The lowest BCUT2D eigenvalue weighted by molar-refractivity contribution is -0.145. The van der Waals surface area contributed by atoms with Gasteiger partial charge in [-0.05, 0) is 19.1 Å². The van der Waals surface area contributed by atoms with Crippen LogP contribution in [0.3, 0.4) is 0 Å². The minimum absolute atomic E-state index is 0.0302. The van der Waals surface area contributed by atoms with E-state index in [0.29, 0.717) is 30.4 Å². The van der Waals surface area contributed by atoms with Crippen LogP contribution in [0.1, 0.15) is 17.9 Å². The Kier molecular flexibility index (Phi) is 5.20. The lowest BCUT2D eigenvalue weighted by Crippen LogP contribution is -2.26. The molecule has 3 rings (SSSR count). The van der Waals surface area contributed by atoms with Crippen molar-refractivity contribution in [2.45, 2.75) is 20.0 Å². The van der Waals surface area contributed by atoms with Gasteiger partial charge in [-0.15, -0.1) is 0 Å². The molecule has 0 radical (unpaired) electrons. The van der Waals surface area contributed by atoms with Gasteiger partial charge in [-0.1, -0.05) is 30.0 Å². The molecule has 0 saturated carbocycles. The second-order valence-corrected chi connectivity index (χ2v) is 6.45. The molecule has 6 nitrogen and oxygen atoms in total. The third kappa shape index (κ3) is 3.97. The minimum Gasteiger partial charge on any atom is -0.459 e. The number of thioether (sulfide) groups is 1. The highest BCUT2D eigenvalue weighted by atomic mass is 32.2. The van der Waals surface area contributed by atoms with Crippen molar-refractivity contribution in [2.75, 3.05) is 18.8 Å². The van der Waals surface area contributed by atoms with Gasteiger partial charge >= 0.3 is 5.97 Å². The van der Waals surface area contributed by atoms with E-state index in [2.05, 4.69) is 4.98 Å². The molecule has 1 aromatic heterocycles. The fourth-order valence-electron chi connectivity index (χ4n) is 2.34. The van der Waals surface area contributed by atoms with E-state index >= 15 is 0 Å². The molecule has 0 atom stereocenters. The molecule has 0 N–H and O–H groups in total. The maximum absolute atomic E-state index is 11.8. The van der Waals surface area contributed by atoms with Crippen LogP contribution in [0.4, 0.5) is 4.79 Å². The predicted octanol–water partition coefficient (Wildman–Crippen LogP) is 3.25. The van der Waals surface area contributed by atoms with Crippen molar-refractivity contribution in [2.24, 2.45) is 0 Å². The second kappa shape index (κ2) is 7.53. The first-order chi connectivity index (χ1) is 11.6. The van der Waals surface area contributed by atoms with Crippen molar-refractivity contribution in [3.05, 3.63) is 41.8 Å². The van der Waals surface area contributed by atoms with Crippen molar-refractivity contribution in [1.82, 2.24) is 9.88 Å². The number of ether oxygens (including phenoxy) is 1. The molecule has 2 heterocycles. The first-order valence-electron chi connectivity index (χ1n) is 7.72. The molecule has 1 amide bonds. The van der Waals surface area contributed by atoms with Crippen molar-refractivity contribution in [3.63, 3.8) is 0 Å². The summed E-state index contributed by atoms with van der Waals surface area (Å²) in [5, 5.41) is 0.0302. The fourth-order valence-corrected chi connectivity index (χ4v) is 3.19. The number of nitrogens with zero attached hydrogens (tertiary/aromatic N) is 2. The van der Waals surface area contributed by atoms with Gasteiger partial charge in [0.15, 0.2) is 0 Å². The van der Waals surface area contributed by atoms with E-state index in [4.69, 9.17) is 9.15 Å². The summed E-state index contributed by atoms with van der Waals surface area (Å²) >= 11 is 1.28. The van der Waals surface area contributed by atoms with Gasteiger partial charge in [-0.25, -0.2) is 4.98 Å². The maximum atomic E-state index is 11.8. The monoisotopic (exact) mass is 346 g/mol. The van der Waals surface area contributed by atoms with Gasteiger partial charge in [0.25, 0.3) is 5.24 Å². The number of oxazole rings is 1. The third-order valence-corrected chi connectivity index (χ3v) is 4.61. The zero-order valence-corrected chi connectivity index (χ0v) is 14.2. The summed E-state index contributed by atoms with van der Waals surface area (Å²) in [5.74, 6) is 1.59. The Hall–Kier alpha value is -2.28. The summed E-state index contributed by atoms with van der Waals surface area (Å²) in [6.45, 7) is 2.96. The Balaban J connectivity index is 1.52. The molecule has 0 spiro atoms. The molecule has 2 aromatic rings. The molecule has 0 unspecified atom stereocenters. The van der Waals surface area contributed by atoms with Crippen molar-refractivity contribution < 1.29 is 18.7 Å². The van der Waals surface area contributed by atoms with E-state index in [-0.39, 0.29) is 24.2 Å². The van der Waals surface area contributed by atoms with Crippen LogP contribution in [-0.2, 0) is 16.1 Å². The molecular formula is C17H18N2O4S. The van der Waals surface area contributed by atoms with Gasteiger partial charge in [0.2, 0.25) is 5.89 Å². The Labute approximate surface area is 144 Å². The normalized spacial score (nSPS) is 14.2. The topological polar surface area (TPSA) is 72.6 Å². The third-order valence-electron chi connectivity index (χ3n) is 3.71. The van der Waals surface area contributed by atoms with Crippen LogP contribution in [0.5, 0.6) is 0 Å². The number of rotatable bonds is 6. The summed E-state index contributed by atoms with van der Waals surface area (Å²) in [6.07, 6.45) is 0.189. The van der Waals surface area contributed by atoms with Crippen molar-refractivity contribution in [1.29, 1.82) is 0 Å². The average molecular weight is 346 g/mol. The van der Waals surface area contributed by atoms with E-state index in [9.17, 15) is 9.59 Å². The molecule has 1 aliphatic rings.